The van der Waals surface area contributed by atoms with Gasteiger partial charge in [0.05, 0.1) is 5.69 Å². The summed E-state index contributed by atoms with van der Waals surface area (Å²) in [7, 11) is 0. The lowest BCUT2D eigenvalue weighted by atomic mass is 10.1. The maximum absolute atomic E-state index is 12.6. The van der Waals surface area contributed by atoms with E-state index in [0.717, 1.165) is 20.9 Å². The quantitative estimate of drug-likeness (QED) is 0.535. The van der Waals surface area contributed by atoms with E-state index in [9.17, 15) is 9.59 Å². The molecule has 27 heavy (non-hydrogen) atoms. The van der Waals surface area contributed by atoms with Gasteiger partial charge in [0.25, 0.3) is 5.91 Å². The van der Waals surface area contributed by atoms with E-state index < -0.39 is 11.3 Å². The van der Waals surface area contributed by atoms with Crippen LogP contribution in [0.3, 0.4) is 0 Å². The number of nitrogens with zero attached hydrogens (tertiary/aromatic N) is 2. The van der Waals surface area contributed by atoms with Gasteiger partial charge in [0, 0.05) is 22.4 Å². The Bertz CT molecular complexity index is 1200. The average molecular weight is 420 g/mol. The highest BCUT2D eigenvalue weighted by atomic mass is 79.9. The van der Waals surface area contributed by atoms with Crippen LogP contribution in [0.1, 0.15) is 10.5 Å². The maximum atomic E-state index is 12.6. The van der Waals surface area contributed by atoms with E-state index in [0.29, 0.717) is 5.69 Å². The summed E-state index contributed by atoms with van der Waals surface area (Å²) in [5, 5.41) is 9.04. The molecule has 1 amide bonds. The third-order valence-electron chi connectivity index (χ3n) is 4.12. The minimum absolute atomic E-state index is 0.159. The van der Waals surface area contributed by atoms with Crippen LogP contribution in [-0.2, 0) is 0 Å². The molecule has 0 bridgehead atoms. The minimum Gasteiger partial charge on any atom is -0.320 e. The third kappa shape index (κ3) is 3.66. The monoisotopic (exact) mass is 419 g/mol. The minimum atomic E-state index is -0.540. The molecule has 0 saturated heterocycles. The Kier molecular flexibility index (Phi) is 4.56. The summed E-state index contributed by atoms with van der Waals surface area (Å²) in [6.45, 7) is 0. The van der Waals surface area contributed by atoms with E-state index in [2.05, 4.69) is 26.3 Å². The summed E-state index contributed by atoms with van der Waals surface area (Å²) >= 11 is 3.38. The van der Waals surface area contributed by atoms with Crippen molar-refractivity contribution in [2.45, 2.75) is 0 Å². The fourth-order valence-electron chi connectivity index (χ4n) is 2.76. The number of rotatable bonds is 3. The molecule has 1 N–H and O–H groups in total. The molecular formula is C21H14BrN3O2. The van der Waals surface area contributed by atoms with Crippen LogP contribution in [0.4, 0.5) is 5.69 Å². The number of fused-ring (bicyclic) bond motifs is 1. The van der Waals surface area contributed by atoms with Gasteiger partial charge in [-0.2, -0.15) is 5.10 Å². The molecule has 1 aromatic heterocycles. The number of halogens is 1. The van der Waals surface area contributed by atoms with Crippen LogP contribution in [0.25, 0.3) is 16.5 Å². The number of aromatic nitrogens is 2. The number of hydrogen-bond acceptors (Lipinski definition) is 3. The van der Waals surface area contributed by atoms with Crippen molar-refractivity contribution in [1.29, 1.82) is 0 Å². The van der Waals surface area contributed by atoms with Crippen LogP contribution in [0.2, 0.25) is 0 Å². The molecule has 3 aromatic carbocycles. The van der Waals surface area contributed by atoms with Gasteiger partial charge >= 0.3 is 0 Å². The van der Waals surface area contributed by atoms with Crippen molar-refractivity contribution < 1.29 is 4.79 Å². The molecule has 0 aliphatic heterocycles. The molecular weight excluding hydrogens is 406 g/mol. The SMILES string of the molecule is O=C(Nc1ccc2ccccc2c1)c1nn(-c2ccc(Br)cc2)ccc1=O. The average Bonchev–Trinajstić information content (AvgIpc) is 2.69. The number of carbonyl (C=O) groups excluding carboxylic acids is 1. The summed E-state index contributed by atoms with van der Waals surface area (Å²) < 4.78 is 2.44. The molecule has 0 aliphatic rings. The van der Waals surface area contributed by atoms with Gasteiger partial charge < -0.3 is 5.32 Å². The van der Waals surface area contributed by atoms with E-state index in [1.807, 2.05) is 60.7 Å². The Labute approximate surface area is 163 Å². The van der Waals surface area contributed by atoms with E-state index in [1.165, 1.54) is 10.7 Å². The summed E-state index contributed by atoms with van der Waals surface area (Å²) in [5.41, 5.74) is 0.770. The van der Waals surface area contributed by atoms with Crippen molar-refractivity contribution in [2.24, 2.45) is 0 Å². The van der Waals surface area contributed by atoms with E-state index in [1.54, 1.807) is 12.3 Å². The number of carbonyl (C=O) groups is 1. The van der Waals surface area contributed by atoms with Crippen molar-refractivity contribution >= 4 is 38.3 Å². The van der Waals surface area contributed by atoms with Crippen molar-refractivity contribution in [2.75, 3.05) is 5.32 Å². The molecule has 0 aliphatic carbocycles. The highest BCUT2D eigenvalue weighted by Gasteiger charge is 2.14. The number of benzene rings is 3. The molecule has 5 nitrogen and oxygen atoms in total. The van der Waals surface area contributed by atoms with Gasteiger partial charge in [0.1, 0.15) is 0 Å². The topological polar surface area (TPSA) is 64.0 Å². The van der Waals surface area contributed by atoms with Crippen LogP contribution in [0.15, 0.2) is 88.3 Å². The Hall–Kier alpha value is -3.25. The van der Waals surface area contributed by atoms with E-state index in [4.69, 9.17) is 0 Å². The van der Waals surface area contributed by atoms with Crippen molar-refractivity contribution in [3.63, 3.8) is 0 Å². The van der Waals surface area contributed by atoms with Crippen molar-refractivity contribution in [1.82, 2.24) is 9.78 Å². The normalized spacial score (nSPS) is 10.7. The van der Waals surface area contributed by atoms with Crippen LogP contribution in [-0.4, -0.2) is 15.7 Å². The summed E-state index contributed by atoms with van der Waals surface area (Å²) in [6, 6.07) is 22.2. The molecule has 4 rings (SSSR count). The predicted molar refractivity (Wildman–Crippen MR) is 109 cm³/mol. The van der Waals surface area contributed by atoms with Gasteiger partial charge in [-0.25, -0.2) is 4.68 Å². The number of anilines is 1. The highest BCUT2D eigenvalue weighted by Crippen LogP contribution is 2.19. The Morgan fingerprint density at radius 1 is 0.926 bits per heavy atom. The first-order chi connectivity index (χ1) is 13.1. The second kappa shape index (κ2) is 7.17. The summed E-state index contributed by atoms with van der Waals surface area (Å²) in [6.07, 6.45) is 1.54. The fourth-order valence-corrected chi connectivity index (χ4v) is 3.02. The van der Waals surface area contributed by atoms with Gasteiger partial charge in [0.15, 0.2) is 5.69 Å². The molecule has 1 heterocycles. The zero-order valence-electron chi connectivity index (χ0n) is 14.1. The number of amides is 1. The number of hydrogen-bond donors (Lipinski definition) is 1. The van der Waals surface area contributed by atoms with Gasteiger partial charge in [0.2, 0.25) is 5.43 Å². The first-order valence-electron chi connectivity index (χ1n) is 8.26. The molecule has 0 fully saturated rings. The maximum Gasteiger partial charge on any atom is 0.280 e. The standard InChI is InChI=1S/C21H14BrN3O2/c22-16-6-9-18(10-7-16)25-12-11-19(26)20(24-25)21(27)23-17-8-5-14-3-1-2-4-15(14)13-17/h1-13H,(H,23,27). The first-order valence-corrected chi connectivity index (χ1v) is 9.05. The van der Waals surface area contributed by atoms with E-state index >= 15 is 0 Å². The molecule has 0 saturated carbocycles. The summed E-state index contributed by atoms with van der Waals surface area (Å²) in [4.78, 5) is 24.8. The third-order valence-corrected chi connectivity index (χ3v) is 4.65. The largest absolute Gasteiger partial charge is 0.320 e. The lowest BCUT2D eigenvalue weighted by Crippen LogP contribution is -2.25. The van der Waals surface area contributed by atoms with Crippen LogP contribution >= 0.6 is 15.9 Å². The van der Waals surface area contributed by atoms with Crippen molar-refractivity contribution in [3.05, 3.63) is 99.4 Å². The van der Waals surface area contributed by atoms with Gasteiger partial charge in [-0.3, -0.25) is 9.59 Å². The predicted octanol–water partition coefficient (Wildman–Crippen LogP) is 4.40. The fraction of sp³-hybridized carbons (Fsp3) is 0. The second-order valence-electron chi connectivity index (χ2n) is 5.97. The van der Waals surface area contributed by atoms with Crippen LogP contribution in [0, 0.1) is 0 Å². The second-order valence-corrected chi connectivity index (χ2v) is 6.88. The van der Waals surface area contributed by atoms with E-state index in [-0.39, 0.29) is 5.69 Å². The molecule has 4 aromatic rings. The van der Waals surface area contributed by atoms with Gasteiger partial charge in [-0.05, 0) is 47.2 Å². The molecule has 0 atom stereocenters. The zero-order valence-corrected chi connectivity index (χ0v) is 15.7. The van der Waals surface area contributed by atoms with Gasteiger partial charge in [-0.1, -0.05) is 46.3 Å². The van der Waals surface area contributed by atoms with Crippen molar-refractivity contribution in [3.8, 4) is 5.69 Å². The molecule has 6 heteroatoms. The smallest absolute Gasteiger partial charge is 0.280 e. The van der Waals surface area contributed by atoms with Gasteiger partial charge in [-0.15, -0.1) is 0 Å². The highest BCUT2D eigenvalue weighted by molar-refractivity contribution is 9.10. The number of nitrogens with one attached hydrogen (secondary N) is 1. The summed E-state index contributed by atoms with van der Waals surface area (Å²) in [5.74, 6) is -0.540. The Morgan fingerprint density at radius 2 is 1.67 bits per heavy atom. The Morgan fingerprint density at radius 3 is 2.44 bits per heavy atom. The first kappa shape index (κ1) is 17.2. The molecule has 0 unspecified atom stereocenters. The zero-order chi connectivity index (χ0) is 18.8. The lowest BCUT2D eigenvalue weighted by molar-refractivity contribution is 0.101. The molecule has 132 valence electrons. The molecule has 0 radical (unpaired) electrons. The Balaban J connectivity index is 1.65. The van der Waals surface area contributed by atoms with Crippen LogP contribution < -0.4 is 10.7 Å². The van der Waals surface area contributed by atoms with Crippen LogP contribution in [0.5, 0.6) is 0 Å². The molecule has 0 spiro atoms. The lowest BCUT2D eigenvalue weighted by Gasteiger charge is -2.09.